The van der Waals surface area contributed by atoms with Gasteiger partial charge in [-0.05, 0) is 35.9 Å². The lowest BCUT2D eigenvalue weighted by Crippen LogP contribution is -2.12. The number of anilines is 1. The first-order valence-corrected chi connectivity index (χ1v) is 5.67. The van der Waals surface area contributed by atoms with Crippen LogP contribution in [0.1, 0.15) is 15.9 Å². The standard InChI is InChI=1S/C14H14N2O3/c15-10-4-5-13(12(7-10)14(16)18)19-11-3-1-2-9(6-11)8-17/h1-7,17H,8,15H2,(H2,16,18). The van der Waals surface area contributed by atoms with Crippen LogP contribution in [0.15, 0.2) is 42.5 Å². The molecule has 0 spiro atoms. The van der Waals surface area contributed by atoms with Crippen molar-refractivity contribution >= 4 is 11.6 Å². The fourth-order valence-electron chi connectivity index (χ4n) is 1.66. The van der Waals surface area contributed by atoms with Crippen molar-refractivity contribution in [1.29, 1.82) is 0 Å². The van der Waals surface area contributed by atoms with E-state index >= 15 is 0 Å². The largest absolute Gasteiger partial charge is 0.457 e. The van der Waals surface area contributed by atoms with Crippen LogP contribution in [0.2, 0.25) is 0 Å². The molecule has 0 unspecified atom stereocenters. The Balaban J connectivity index is 2.34. The summed E-state index contributed by atoms with van der Waals surface area (Å²) in [6.45, 7) is -0.0817. The molecule has 2 aromatic carbocycles. The quantitative estimate of drug-likeness (QED) is 0.726. The molecule has 0 bridgehead atoms. The van der Waals surface area contributed by atoms with Crippen LogP contribution < -0.4 is 16.2 Å². The minimum Gasteiger partial charge on any atom is -0.457 e. The molecule has 0 atom stereocenters. The van der Waals surface area contributed by atoms with Crippen LogP contribution in [0.4, 0.5) is 5.69 Å². The molecule has 0 heterocycles. The van der Waals surface area contributed by atoms with Gasteiger partial charge < -0.3 is 21.3 Å². The van der Waals surface area contributed by atoms with E-state index < -0.39 is 5.91 Å². The Morgan fingerprint density at radius 1 is 1.21 bits per heavy atom. The van der Waals surface area contributed by atoms with Crippen molar-refractivity contribution in [3.05, 3.63) is 53.6 Å². The number of rotatable bonds is 4. The number of hydrogen-bond acceptors (Lipinski definition) is 4. The van der Waals surface area contributed by atoms with Crippen molar-refractivity contribution in [2.75, 3.05) is 5.73 Å². The average Bonchev–Trinajstić information content (AvgIpc) is 2.41. The van der Waals surface area contributed by atoms with Gasteiger partial charge in [0.1, 0.15) is 11.5 Å². The highest BCUT2D eigenvalue weighted by Gasteiger charge is 2.11. The number of nitrogen functional groups attached to an aromatic ring is 1. The summed E-state index contributed by atoms with van der Waals surface area (Å²) in [5.74, 6) is 0.233. The van der Waals surface area contributed by atoms with Crippen LogP contribution in [0.25, 0.3) is 0 Å². The smallest absolute Gasteiger partial charge is 0.252 e. The Labute approximate surface area is 110 Å². The number of hydrogen-bond donors (Lipinski definition) is 3. The zero-order chi connectivity index (χ0) is 13.8. The predicted molar refractivity (Wildman–Crippen MR) is 71.8 cm³/mol. The Kier molecular flexibility index (Phi) is 3.68. The Bertz CT molecular complexity index is 611. The summed E-state index contributed by atoms with van der Waals surface area (Å²) < 4.78 is 5.60. The van der Waals surface area contributed by atoms with Crippen molar-refractivity contribution in [1.82, 2.24) is 0 Å². The third-order valence-electron chi connectivity index (χ3n) is 2.58. The van der Waals surface area contributed by atoms with E-state index in [0.29, 0.717) is 22.7 Å². The highest BCUT2D eigenvalue weighted by Crippen LogP contribution is 2.27. The first-order chi connectivity index (χ1) is 9.10. The summed E-state index contributed by atoms with van der Waals surface area (Å²) in [6, 6.07) is 11.6. The molecule has 0 saturated carbocycles. The summed E-state index contributed by atoms with van der Waals surface area (Å²) >= 11 is 0. The Morgan fingerprint density at radius 3 is 2.68 bits per heavy atom. The molecule has 0 aromatic heterocycles. The number of benzene rings is 2. The molecule has 98 valence electrons. The van der Waals surface area contributed by atoms with Crippen LogP contribution in [0.5, 0.6) is 11.5 Å². The molecule has 19 heavy (non-hydrogen) atoms. The van der Waals surface area contributed by atoms with Crippen molar-refractivity contribution in [2.24, 2.45) is 5.73 Å². The van der Waals surface area contributed by atoms with E-state index in [1.165, 1.54) is 6.07 Å². The van der Waals surface area contributed by atoms with Gasteiger partial charge in [-0.3, -0.25) is 4.79 Å². The lowest BCUT2D eigenvalue weighted by atomic mass is 10.1. The van der Waals surface area contributed by atoms with Gasteiger partial charge in [0.2, 0.25) is 0 Å². The zero-order valence-corrected chi connectivity index (χ0v) is 10.2. The van der Waals surface area contributed by atoms with Gasteiger partial charge in [-0.25, -0.2) is 0 Å². The van der Waals surface area contributed by atoms with Crippen LogP contribution in [0, 0.1) is 0 Å². The van der Waals surface area contributed by atoms with Crippen LogP contribution in [-0.4, -0.2) is 11.0 Å². The lowest BCUT2D eigenvalue weighted by molar-refractivity contribution is 0.0998. The summed E-state index contributed by atoms with van der Waals surface area (Å²) in [5, 5.41) is 9.06. The van der Waals surface area contributed by atoms with E-state index in [4.69, 9.17) is 21.3 Å². The zero-order valence-electron chi connectivity index (χ0n) is 10.2. The molecule has 0 fully saturated rings. The maximum Gasteiger partial charge on any atom is 0.252 e. The van der Waals surface area contributed by atoms with Crippen LogP contribution in [0.3, 0.4) is 0 Å². The van der Waals surface area contributed by atoms with Gasteiger partial charge in [0, 0.05) is 5.69 Å². The third-order valence-corrected chi connectivity index (χ3v) is 2.58. The highest BCUT2D eigenvalue weighted by atomic mass is 16.5. The summed E-state index contributed by atoms with van der Waals surface area (Å²) in [7, 11) is 0. The lowest BCUT2D eigenvalue weighted by Gasteiger charge is -2.10. The number of primary amides is 1. The van der Waals surface area contributed by atoms with Crippen LogP contribution >= 0.6 is 0 Å². The molecular weight excluding hydrogens is 244 g/mol. The van der Waals surface area contributed by atoms with E-state index in [1.807, 2.05) is 0 Å². The minimum atomic E-state index is -0.611. The molecular formula is C14H14N2O3. The fraction of sp³-hybridized carbons (Fsp3) is 0.0714. The second kappa shape index (κ2) is 5.41. The maximum atomic E-state index is 11.3. The Morgan fingerprint density at radius 2 is 2.00 bits per heavy atom. The summed E-state index contributed by atoms with van der Waals surface area (Å²) in [5.41, 5.74) is 12.3. The number of nitrogens with two attached hydrogens (primary N) is 2. The molecule has 0 aliphatic carbocycles. The van der Waals surface area contributed by atoms with E-state index in [9.17, 15) is 4.79 Å². The van der Waals surface area contributed by atoms with Gasteiger partial charge in [-0.2, -0.15) is 0 Å². The normalized spacial score (nSPS) is 10.2. The molecule has 2 rings (SSSR count). The molecule has 1 amide bonds. The van der Waals surface area contributed by atoms with E-state index in [-0.39, 0.29) is 12.2 Å². The van der Waals surface area contributed by atoms with E-state index in [0.717, 1.165) is 0 Å². The topological polar surface area (TPSA) is 98.6 Å². The maximum absolute atomic E-state index is 11.3. The van der Waals surface area contributed by atoms with Crippen LogP contribution in [-0.2, 0) is 6.61 Å². The molecule has 5 nitrogen and oxygen atoms in total. The SMILES string of the molecule is NC(=O)c1cc(N)ccc1Oc1cccc(CO)c1. The van der Waals surface area contributed by atoms with Gasteiger partial charge in [0.05, 0.1) is 12.2 Å². The number of carbonyl (C=O) groups excluding carboxylic acids is 1. The first kappa shape index (κ1) is 12.9. The van der Waals surface area contributed by atoms with Gasteiger partial charge in [0.25, 0.3) is 5.91 Å². The van der Waals surface area contributed by atoms with E-state index in [1.54, 1.807) is 36.4 Å². The highest BCUT2D eigenvalue weighted by molar-refractivity contribution is 5.96. The molecule has 5 N–H and O–H groups in total. The number of amides is 1. The minimum absolute atomic E-state index is 0.0817. The fourth-order valence-corrected chi connectivity index (χ4v) is 1.66. The van der Waals surface area contributed by atoms with Crippen molar-refractivity contribution < 1.29 is 14.6 Å². The first-order valence-electron chi connectivity index (χ1n) is 5.67. The Hall–Kier alpha value is -2.53. The van der Waals surface area contributed by atoms with Crippen molar-refractivity contribution in [3.8, 4) is 11.5 Å². The van der Waals surface area contributed by atoms with Gasteiger partial charge >= 0.3 is 0 Å². The number of ether oxygens (including phenoxy) is 1. The predicted octanol–water partition coefficient (Wildman–Crippen LogP) is 1.65. The number of aliphatic hydroxyl groups is 1. The molecule has 0 radical (unpaired) electrons. The summed E-state index contributed by atoms with van der Waals surface area (Å²) in [6.07, 6.45) is 0. The van der Waals surface area contributed by atoms with Gasteiger partial charge in [0.15, 0.2) is 0 Å². The monoisotopic (exact) mass is 258 g/mol. The van der Waals surface area contributed by atoms with Crippen molar-refractivity contribution in [2.45, 2.75) is 6.61 Å². The van der Waals surface area contributed by atoms with Crippen molar-refractivity contribution in [3.63, 3.8) is 0 Å². The molecule has 0 saturated heterocycles. The van der Waals surface area contributed by atoms with E-state index in [2.05, 4.69) is 0 Å². The average molecular weight is 258 g/mol. The van der Waals surface area contributed by atoms with Gasteiger partial charge in [-0.1, -0.05) is 12.1 Å². The second-order valence-corrected chi connectivity index (χ2v) is 4.03. The molecule has 0 aliphatic rings. The third kappa shape index (κ3) is 3.02. The summed E-state index contributed by atoms with van der Waals surface area (Å²) in [4.78, 5) is 11.3. The van der Waals surface area contributed by atoms with Gasteiger partial charge in [-0.15, -0.1) is 0 Å². The number of aliphatic hydroxyl groups excluding tert-OH is 1. The molecule has 0 aliphatic heterocycles. The number of carbonyl (C=O) groups is 1. The molecule has 2 aromatic rings. The second-order valence-electron chi connectivity index (χ2n) is 4.03. The molecule has 5 heteroatoms.